The second-order valence-corrected chi connectivity index (χ2v) is 5.68. The molecule has 1 fully saturated rings. The molecule has 1 atom stereocenters. The number of hydrogen-bond donors (Lipinski definition) is 1. The van der Waals surface area contributed by atoms with Crippen molar-refractivity contribution in [2.75, 3.05) is 37.7 Å². The van der Waals surface area contributed by atoms with E-state index in [4.69, 9.17) is 10.5 Å². The molecular formula is C13H23ClN4O2S. The summed E-state index contributed by atoms with van der Waals surface area (Å²) in [5.41, 5.74) is 6.65. The molecule has 0 spiro atoms. The zero-order valence-electron chi connectivity index (χ0n) is 12.4. The number of nitrogens with two attached hydrogens (primary N) is 1. The van der Waals surface area contributed by atoms with Crippen LogP contribution in [-0.4, -0.2) is 54.7 Å². The Balaban J connectivity index is 0.00000220. The van der Waals surface area contributed by atoms with Gasteiger partial charge in [-0.25, -0.2) is 4.98 Å². The predicted molar refractivity (Wildman–Crippen MR) is 87.1 cm³/mol. The average molecular weight is 335 g/mol. The van der Waals surface area contributed by atoms with Crippen molar-refractivity contribution in [1.29, 1.82) is 0 Å². The molecule has 0 radical (unpaired) electrons. The minimum Gasteiger partial charge on any atom is -0.374 e. The Morgan fingerprint density at radius 2 is 2.43 bits per heavy atom. The maximum Gasteiger partial charge on any atom is 0.225 e. The van der Waals surface area contributed by atoms with Gasteiger partial charge in [0.2, 0.25) is 5.91 Å². The van der Waals surface area contributed by atoms with E-state index in [9.17, 15) is 4.79 Å². The highest BCUT2D eigenvalue weighted by atomic mass is 35.5. The van der Waals surface area contributed by atoms with Crippen LogP contribution in [0.2, 0.25) is 0 Å². The quantitative estimate of drug-likeness (QED) is 0.873. The van der Waals surface area contributed by atoms with Crippen LogP contribution >= 0.6 is 23.7 Å². The van der Waals surface area contributed by atoms with E-state index >= 15 is 0 Å². The molecular weight excluding hydrogens is 312 g/mol. The number of amides is 1. The number of morpholine rings is 1. The third-order valence-corrected chi connectivity index (χ3v) is 4.25. The van der Waals surface area contributed by atoms with E-state index in [1.54, 1.807) is 11.8 Å². The van der Waals surface area contributed by atoms with Crippen LogP contribution in [0.25, 0.3) is 0 Å². The third kappa shape index (κ3) is 4.89. The molecule has 1 amide bonds. The van der Waals surface area contributed by atoms with Crippen LogP contribution in [0.5, 0.6) is 0 Å². The number of ether oxygens (including phenoxy) is 1. The topological polar surface area (TPSA) is 71.7 Å². The van der Waals surface area contributed by atoms with Crippen molar-refractivity contribution in [2.45, 2.75) is 26.5 Å². The molecule has 0 bridgehead atoms. The number of carbonyl (C=O) groups is 1. The summed E-state index contributed by atoms with van der Waals surface area (Å²) in [4.78, 5) is 20.1. The van der Waals surface area contributed by atoms with Gasteiger partial charge in [0.25, 0.3) is 0 Å². The number of thiazole rings is 1. The predicted octanol–water partition coefficient (Wildman–Crippen LogP) is 1.10. The van der Waals surface area contributed by atoms with Gasteiger partial charge in [-0.05, 0) is 6.92 Å². The molecule has 1 unspecified atom stereocenters. The summed E-state index contributed by atoms with van der Waals surface area (Å²) in [7, 11) is 0. The van der Waals surface area contributed by atoms with E-state index in [1.807, 2.05) is 12.3 Å². The van der Waals surface area contributed by atoms with Gasteiger partial charge in [-0.2, -0.15) is 0 Å². The van der Waals surface area contributed by atoms with Gasteiger partial charge in [0.05, 0.1) is 18.4 Å². The molecule has 6 nitrogen and oxygen atoms in total. The standard InChI is InChI=1S/C13H22N4O2S.ClH/c1-3-17(10(2)18)13-15-11(9-20-13)7-16-4-5-19-12(6-14)8-16;/h9,12H,3-8,14H2,1-2H3;1H. The van der Waals surface area contributed by atoms with E-state index in [0.29, 0.717) is 19.7 Å². The summed E-state index contributed by atoms with van der Waals surface area (Å²) in [5, 5.41) is 2.80. The minimum absolute atomic E-state index is 0. The first-order valence-corrected chi connectivity index (χ1v) is 7.78. The lowest BCUT2D eigenvalue weighted by atomic mass is 10.2. The number of anilines is 1. The van der Waals surface area contributed by atoms with Crippen LogP contribution in [0.15, 0.2) is 5.38 Å². The van der Waals surface area contributed by atoms with Gasteiger partial charge in [-0.3, -0.25) is 14.6 Å². The van der Waals surface area contributed by atoms with Gasteiger partial charge < -0.3 is 10.5 Å². The Bertz CT molecular complexity index is 457. The molecule has 8 heteroatoms. The summed E-state index contributed by atoms with van der Waals surface area (Å²) < 4.78 is 5.55. The third-order valence-electron chi connectivity index (χ3n) is 3.34. The van der Waals surface area contributed by atoms with E-state index in [0.717, 1.165) is 30.5 Å². The van der Waals surface area contributed by atoms with Crippen molar-refractivity contribution in [3.05, 3.63) is 11.1 Å². The van der Waals surface area contributed by atoms with Gasteiger partial charge in [0.1, 0.15) is 0 Å². The fourth-order valence-electron chi connectivity index (χ4n) is 2.28. The second kappa shape index (κ2) is 8.65. The molecule has 2 rings (SSSR count). The average Bonchev–Trinajstić information content (AvgIpc) is 2.87. The van der Waals surface area contributed by atoms with E-state index in [2.05, 4.69) is 9.88 Å². The van der Waals surface area contributed by atoms with Gasteiger partial charge in [0, 0.05) is 45.0 Å². The van der Waals surface area contributed by atoms with Crippen LogP contribution < -0.4 is 10.6 Å². The molecule has 1 aromatic rings. The summed E-state index contributed by atoms with van der Waals surface area (Å²) in [6.45, 7) is 7.96. The zero-order valence-corrected chi connectivity index (χ0v) is 14.1. The van der Waals surface area contributed by atoms with E-state index in [1.165, 1.54) is 11.3 Å². The molecule has 1 aliphatic rings. The number of carbonyl (C=O) groups excluding carboxylic acids is 1. The van der Waals surface area contributed by atoms with Crippen LogP contribution in [0.3, 0.4) is 0 Å². The number of rotatable bonds is 5. The fourth-order valence-corrected chi connectivity index (χ4v) is 3.20. The van der Waals surface area contributed by atoms with Crippen molar-refractivity contribution in [3.8, 4) is 0 Å². The zero-order chi connectivity index (χ0) is 14.5. The molecule has 1 aromatic heterocycles. The number of halogens is 1. The second-order valence-electron chi connectivity index (χ2n) is 4.85. The van der Waals surface area contributed by atoms with Crippen molar-refractivity contribution in [1.82, 2.24) is 9.88 Å². The fraction of sp³-hybridized carbons (Fsp3) is 0.692. The highest BCUT2D eigenvalue weighted by Crippen LogP contribution is 2.22. The first-order valence-electron chi connectivity index (χ1n) is 6.90. The van der Waals surface area contributed by atoms with Crippen molar-refractivity contribution >= 4 is 34.8 Å². The largest absolute Gasteiger partial charge is 0.374 e. The normalized spacial score (nSPS) is 19.1. The molecule has 21 heavy (non-hydrogen) atoms. The maximum absolute atomic E-state index is 11.5. The van der Waals surface area contributed by atoms with Crippen molar-refractivity contribution < 1.29 is 9.53 Å². The molecule has 120 valence electrons. The lowest BCUT2D eigenvalue weighted by Crippen LogP contribution is -2.45. The van der Waals surface area contributed by atoms with Crippen molar-refractivity contribution in [2.24, 2.45) is 5.73 Å². The summed E-state index contributed by atoms with van der Waals surface area (Å²) in [5.74, 6) is 0.0305. The van der Waals surface area contributed by atoms with Crippen LogP contribution in [0.4, 0.5) is 5.13 Å². The number of nitrogens with zero attached hydrogens (tertiary/aromatic N) is 3. The molecule has 0 aliphatic carbocycles. The lowest BCUT2D eigenvalue weighted by Gasteiger charge is -2.31. The van der Waals surface area contributed by atoms with Gasteiger partial charge in [0.15, 0.2) is 5.13 Å². The smallest absolute Gasteiger partial charge is 0.225 e. The van der Waals surface area contributed by atoms with Crippen LogP contribution in [0.1, 0.15) is 19.5 Å². The number of hydrogen-bond acceptors (Lipinski definition) is 6. The van der Waals surface area contributed by atoms with E-state index in [-0.39, 0.29) is 24.4 Å². The van der Waals surface area contributed by atoms with Gasteiger partial charge >= 0.3 is 0 Å². The SMILES string of the molecule is CCN(C(C)=O)c1nc(CN2CCOC(CN)C2)cs1.Cl. The maximum atomic E-state index is 11.5. The Hall–Kier alpha value is -0.730. The van der Waals surface area contributed by atoms with Crippen LogP contribution in [0, 0.1) is 0 Å². The molecule has 0 aromatic carbocycles. The first-order chi connectivity index (χ1) is 9.63. The monoisotopic (exact) mass is 334 g/mol. The van der Waals surface area contributed by atoms with Crippen molar-refractivity contribution in [3.63, 3.8) is 0 Å². The lowest BCUT2D eigenvalue weighted by molar-refractivity contribution is -0.116. The minimum atomic E-state index is 0. The van der Waals surface area contributed by atoms with Crippen LogP contribution in [-0.2, 0) is 16.1 Å². The Morgan fingerprint density at radius 3 is 3.05 bits per heavy atom. The Kier molecular flexibility index (Phi) is 7.55. The highest BCUT2D eigenvalue weighted by Gasteiger charge is 2.20. The van der Waals surface area contributed by atoms with E-state index < -0.39 is 0 Å². The van der Waals surface area contributed by atoms with Gasteiger partial charge in [-0.15, -0.1) is 23.7 Å². The molecule has 0 saturated carbocycles. The summed E-state index contributed by atoms with van der Waals surface area (Å²) in [6.07, 6.45) is 0.117. The van der Waals surface area contributed by atoms with Gasteiger partial charge in [-0.1, -0.05) is 0 Å². The highest BCUT2D eigenvalue weighted by molar-refractivity contribution is 7.14. The Morgan fingerprint density at radius 1 is 1.67 bits per heavy atom. The molecule has 2 N–H and O–H groups in total. The molecule has 1 aliphatic heterocycles. The molecule has 2 heterocycles. The Labute approximate surface area is 135 Å². The number of aromatic nitrogens is 1. The summed E-state index contributed by atoms with van der Waals surface area (Å²) in [6, 6.07) is 0. The first kappa shape index (κ1) is 18.3. The summed E-state index contributed by atoms with van der Waals surface area (Å²) >= 11 is 1.52. The molecule has 1 saturated heterocycles.